The molecule has 0 spiro atoms. The standard InChI is InChI=1S/C20H27N5O2/c1-21-20(24-14-9-17(10-15-24)19(26)27-2)22-12-8-16-4-6-18(7-5-16)25-13-3-11-23-25/h3-7,11,13,17H,8-10,12,14-15H2,1-2H3,(H,21,22). The molecule has 2 heterocycles. The van der Waals surface area contributed by atoms with Crippen LogP contribution in [0.5, 0.6) is 0 Å². The number of rotatable bonds is 5. The van der Waals surface area contributed by atoms with E-state index in [1.165, 1.54) is 12.7 Å². The highest BCUT2D eigenvalue weighted by Crippen LogP contribution is 2.18. The Hall–Kier alpha value is -2.83. The fourth-order valence-corrected chi connectivity index (χ4v) is 3.38. The molecule has 0 bridgehead atoms. The quantitative estimate of drug-likeness (QED) is 0.495. The van der Waals surface area contributed by atoms with Gasteiger partial charge in [0.05, 0.1) is 18.7 Å². The second-order valence-electron chi connectivity index (χ2n) is 6.63. The second-order valence-corrected chi connectivity index (χ2v) is 6.63. The monoisotopic (exact) mass is 369 g/mol. The molecule has 0 aliphatic carbocycles. The number of hydrogen-bond donors (Lipinski definition) is 1. The van der Waals surface area contributed by atoms with E-state index in [4.69, 9.17) is 4.74 Å². The second kappa shape index (κ2) is 9.21. The molecule has 27 heavy (non-hydrogen) atoms. The summed E-state index contributed by atoms with van der Waals surface area (Å²) in [6.07, 6.45) is 6.24. The average molecular weight is 369 g/mol. The number of likely N-dealkylation sites (tertiary alicyclic amines) is 1. The predicted molar refractivity (Wildman–Crippen MR) is 105 cm³/mol. The van der Waals surface area contributed by atoms with Crippen molar-refractivity contribution in [3.05, 3.63) is 48.3 Å². The van der Waals surface area contributed by atoms with Crippen molar-refractivity contribution in [1.82, 2.24) is 20.0 Å². The average Bonchev–Trinajstić information content (AvgIpc) is 3.26. The van der Waals surface area contributed by atoms with E-state index in [9.17, 15) is 4.79 Å². The zero-order valence-corrected chi connectivity index (χ0v) is 16.0. The Balaban J connectivity index is 1.46. The van der Waals surface area contributed by atoms with Crippen LogP contribution >= 0.6 is 0 Å². The molecule has 144 valence electrons. The lowest BCUT2D eigenvalue weighted by molar-refractivity contribution is -0.146. The molecule has 1 aromatic heterocycles. The van der Waals surface area contributed by atoms with Crippen LogP contribution in [0.4, 0.5) is 0 Å². The van der Waals surface area contributed by atoms with Gasteiger partial charge in [0.25, 0.3) is 0 Å². The number of methoxy groups -OCH3 is 1. The van der Waals surface area contributed by atoms with Gasteiger partial charge in [0.2, 0.25) is 0 Å². The molecule has 1 aliphatic heterocycles. The van der Waals surface area contributed by atoms with Gasteiger partial charge in [-0.25, -0.2) is 4.68 Å². The lowest BCUT2D eigenvalue weighted by Gasteiger charge is -2.33. The minimum Gasteiger partial charge on any atom is -0.469 e. The van der Waals surface area contributed by atoms with Crippen LogP contribution < -0.4 is 5.32 Å². The molecular formula is C20H27N5O2. The molecular weight excluding hydrogens is 342 g/mol. The van der Waals surface area contributed by atoms with E-state index in [0.29, 0.717) is 0 Å². The molecule has 1 saturated heterocycles. The molecule has 3 rings (SSSR count). The lowest BCUT2D eigenvalue weighted by atomic mass is 9.97. The van der Waals surface area contributed by atoms with Gasteiger partial charge in [0.15, 0.2) is 5.96 Å². The number of carbonyl (C=O) groups excluding carboxylic acids is 1. The largest absolute Gasteiger partial charge is 0.469 e. The van der Waals surface area contributed by atoms with Crippen LogP contribution in [0, 0.1) is 5.92 Å². The first-order valence-corrected chi connectivity index (χ1v) is 9.33. The molecule has 2 aromatic rings. The summed E-state index contributed by atoms with van der Waals surface area (Å²) in [4.78, 5) is 18.2. The highest BCUT2D eigenvalue weighted by Gasteiger charge is 2.26. The Morgan fingerprint density at radius 3 is 2.63 bits per heavy atom. The number of aromatic nitrogens is 2. The summed E-state index contributed by atoms with van der Waals surface area (Å²) in [5, 5.41) is 7.67. The number of hydrogen-bond acceptors (Lipinski definition) is 4. The van der Waals surface area contributed by atoms with E-state index in [1.807, 2.05) is 16.9 Å². The molecule has 0 atom stereocenters. The molecule has 0 amide bonds. The summed E-state index contributed by atoms with van der Waals surface area (Å²) in [5.74, 6) is 0.806. The van der Waals surface area contributed by atoms with Gasteiger partial charge in [-0.15, -0.1) is 0 Å². The highest BCUT2D eigenvalue weighted by atomic mass is 16.5. The third kappa shape index (κ3) is 4.87. The first kappa shape index (κ1) is 18.9. The van der Waals surface area contributed by atoms with E-state index in [1.54, 1.807) is 13.2 Å². The summed E-state index contributed by atoms with van der Waals surface area (Å²) in [7, 11) is 3.25. The number of nitrogens with zero attached hydrogens (tertiary/aromatic N) is 4. The van der Waals surface area contributed by atoms with Crippen molar-refractivity contribution in [3.63, 3.8) is 0 Å². The van der Waals surface area contributed by atoms with E-state index < -0.39 is 0 Å². The molecule has 0 unspecified atom stereocenters. The third-order valence-corrected chi connectivity index (χ3v) is 4.94. The Labute approximate surface area is 160 Å². The van der Waals surface area contributed by atoms with Crippen LogP contribution in [0.15, 0.2) is 47.7 Å². The fraction of sp³-hybridized carbons (Fsp3) is 0.450. The maximum absolute atomic E-state index is 11.6. The zero-order valence-electron chi connectivity index (χ0n) is 16.0. The molecule has 7 heteroatoms. The molecule has 1 N–H and O–H groups in total. The Kier molecular flexibility index (Phi) is 6.46. The Morgan fingerprint density at radius 1 is 1.30 bits per heavy atom. The van der Waals surface area contributed by atoms with Crippen molar-refractivity contribution < 1.29 is 9.53 Å². The normalized spacial score (nSPS) is 15.6. The van der Waals surface area contributed by atoms with Gasteiger partial charge in [-0.1, -0.05) is 12.1 Å². The van der Waals surface area contributed by atoms with Crippen molar-refractivity contribution in [1.29, 1.82) is 0 Å². The number of benzene rings is 1. The highest BCUT2D eigenvalue weighted by molar-refractivity contribution is 5.80. The van der Waals surface area contributed by atoms with E-state index >= 15 is 0 Å². The van der Waals surface area contributed by atoms with Crippen molar-refractivity contribution in [3.8, 4) is 5.69 Å². The summed E-state index contributed by atoms with van der Waals surface area (Å²) in [6.45, 7) is 2.45. The van der Waals surface area contributed by atoms with Crippen LogP contribution in [0.25, 0.3) is 5.69 Å². The smallest absolute Gasteiger partial charge is 0.308 e. The van der Waals surface area contributed by atoms with E-state index in [0.717, 1.165) is 50.5 Å². The van der Waals surface area contributed by atoms with Gasteiger partial charge in [-0.3, -0.25) is 9.79 Å². The van der Waals surface area contributed by atoms with Gasteiger partial charge < -0.3 is 15.0 Å². The van der Waals surface area contributed by atoms with Crippen molar-refractivity contribution >= 4 is 11.9 Å². The van der Waals surface area contributed by atoms with Crippen molar-refractivity contribution in [2.75, 3.05) is 33.8 Å². The van der Waals surface area contributed by atoms with Crippen molar-refractivity contribution in [2.45, 2.75) is 19.3 Å². The molecule has 0 saturated carbocycles. The first-order chi connectivity index (χ1) is 13.2. The van der Waals surface area contributed by atoms with Gasteiger partial charge in [-0.05, 0) is 43.0 Å². The maximum atomic E-state index is 11.6. The van der Waals surface area contributed by atoms with Crippen molar-refractivity contribution in [2.24, 2.45) is 10.9 Å². The summed E-state index contributed by atoms with van der Waals surface area (Å²) in [5.41, 5.74) is 2.32. The number of ether oxygens (including phenoxy) is 1. The predicted octanol–water partition coefficient (Wildman–Crippen LogP) is 1.88. The number of guanidine groups is 1. The lowest BCUT2D eigenvalue weighted by Crippen LogP contribution is -2.47. The summed E-state index contributed by atoms with van der Waals surface area (Å²) >= 11 is 0. The number of nitrogens with one attached hydrogen (secondary N) is 1. The van der Waals surface area contributed by atoms with Crippen LogP contribution in [0.3, 0.4) is 0 Å². The summed E-state index contributed by atoms with van der Waals surface area (Å²) < 4.78 is 6.70. The third-order valence-electron chi connectivity index (χ3n) is 4.94. The van der Waals surface area contributed by atoms with Crippen LogP contribution in [0.1, 0.15) is 18.4 Å². The van der Waals surface area contributed by atoms with Crippen LogP contribution in [-0.4, -0.2) is 60.4 Å². The molecule has 1 aromatic carbocycles. The number of esters is 1. The number of aliphatic imine (C=N–C) groups is 1. The Bertz CT molecular complexity index is 747. The molecule has 1 aliphatic rings. The molecule has 7 nitrogen and oxygen atoms in total. The van der Waals surface area contributed by atoms with Crippen LogP contribution in [-0.2, 0) is 16.0 Å². The number of carbonyl (C=O) groups is 1. The fourth-order valence-electron chi connectivity index (χ4n) is 3.38. The SMILES string of the molecule is CN=C(NCCc1ccc(-n2cccn2)cc1)N1CCC(C(=O)OC)CC1. The summed E-state index contributed by atoms with van der Waals surface area (Å²) in [6, 6.07) is 10.3. The topological polar surface area (TPSA) is 71.8 Å². The number of piperidine rings is 1. The molecule has 1 fully saturated rings. The van der Waals surface area contributed by atoms with Gasteiger partial charge in [-0.2, -0.15) is 5.10 Å². The van der Waals surface area contributed by atoms with E-state index in [2.05, 4.69) is 44.6 Å². The van der Waals surface area contributed by atoms with E-state index in [-0.39, 0.29) is 11.9 Å². The van der Waals surface area contributed by atoms with Gasteiger partial charge in [0.1, 0.15) is 0 Å². The first-order valence-electron chi connectivity index (χ1n) is 9.33. The van der Waals surface area contributed by atoms with Gasteiger partial charge in [0, 0.05) is 39.1 Å². The Morgan fingerprint density at radius 2 is 2.04 bits per heavy atom. The maximum Gasteiger partial charge on any atom is 0.308 e. The minimum absolute atomic E-state index is 0.0117. The molecule has 0 radical (unpaired) electrons. The minimum atomic E-state index is -0.101. The zero-order chi connectivity index (χ0) is 19.1. The van der Waals surface area contributed by atoms with Crippen LogP contribution in [0.2, 0.25) is 0 Å². The van der Waals surface area contributed by atoms with Gasteiger partial charge >= 0.3 is 5.97 Å².